The SMILES string of the molecule is CN(Cc1ccc(Br)cc1Cl)C1CCCCC1Br. The summed E-state index contributed by atoms with van der Waals surface area (Å²) >= 11 is 13.5. The Morgan fingerprint density at radius 2 is 2.06 bits per heavy atom. The van der Waals surface area contributed by atoms with Crippen molar-refractivity contribution in [1.29, 1.82) is 0 Å². The molecule has 0 aliphatic heterocycles. The first-order valence-corrected chi connectivity index (χ1v) is 8.45. The zero-order valence-corrected chi connectivity index (χ0v) is 14.4. The van der Waals surface area contributed by atoms with Crippen LogP contribution in [0, 0.1) is 0 Å². The van der Waals surface area contributed by atoms with Gasteiger partial charge in [0, 0.05) is 26.9 Å². The molecule has 0 bridgehead atoms. The van der Waals surface area contributed by atoms with Crippen molar-refractivity contribution in [2.24, 2.45) is 0 Å². The number of benzene rings is 1. The fraction of sp³-hybridized carbons (Fsp3) is 0.571. The molecular formula is C14H18Br2ClN. The predicted molar refractivity (Wildman–Crippen MR) is 85.6 cm³/mol. The number of hydrogen-bond acceptors (Lipinski definition) is 1. The Kier molecular flexibility index (Phi) is 5.55. The molecule has 0 amide bonds. The highest BCUT2D eigenvalue weighted by molar-refractivity contribution is 9.10. The molecule has 2 unspecified atom stereocenters. The van der Waals surface area contributed by atoms with Crippen molar-refractivity contribution in [2.75, 3.05) is 7.05 Å². The van der Waals surface area contributed by atoms with Crippen LogP contribution in [0.3, 0.4) is 0 Å². The van der Waals surface area contributed by atoms with Gasteiger partial charge in [-0.3, -0.25) is 4.90 Å². The standard InChI is InChI=1S/C14H18Br2ClN/c1-18(14-5-3-2-4-12(14)16)9-10-6-7-11(15)8-13(10)17/h6-8,12,14H,2-5,9H2,1H3. The van der Waals surface area contributed by atoms with Crippen molar-refractivity contribution in [3.63, 3.8) is 0 Å². The molecule has 1 nitrogen and oxygen atoms in total. The summed E-state index contributed by atoms with van der Waals surface area (Å²) in [5.74, 6) is 0. The van der Waals surface area contributed by atoms with Gasteiger partial charge >= 0.3 is 0 Å². The molecule has 1 aliphatic carbocycles. The highest BCUT2D eigenvalue weighted by Gasteiger charge is 2.26. The molecule has 0 spiro atoms. The zero-order valence-electron chi connectivity index (χ0n) is 10.5. The average Bonchev–Trinajstić information content (AvgIpc) is 2.33. The Morgan fingerprint density at radius 1 is 1.33 bits per heavy atom. The summed E-state index contributed by atoms with van der Waals surface area (Å²) in [6, 6.07) is 6.76. The van der Waals surface area contributed by atoms with E-state index in [1.54, 1.807) is 0 Å². The van der Waals surface area contributed by atoms with Gasteiger partial charge in [0.25, 0.3) is 0 Å². The van der Waals surface area contributed by atoms with E-state index in [0.717, 1.165) is 16.0 Å². The van der Waals surface area contributed by atoms with Crippen LogP contribution in [0.5, 0.6) is 0 Å². The third kappa shape index (κ3) is 3.72. The molecular weight excluding hydrogens is 377 g/mol. The Bertz CT molecular complexity index is 411. The summed E-state index contributed by atoms with van der Waals surface area (Å²) in [6.07, 6.45) is 5.24. The lowest BCUT2D eigenvalue weighted by Gasteiger charge is -2.35. The van der Waals surface area contributed by atoms with Crippen LogP contribution in [-0.4, -0.2) is 22.8 Å². The van der Waals surface area contributed by atoms with Gasteiger partial charge in [-0.1, -0.05) is 62.4 Å². The van der Waals surface area contributed by atoms with Crippen molar-refractivity contribution in [1.82, 2.24) is 4.90 Å². The maximum atomic E-state index is 6.28. The van der Waals surface area contributed by atoms with E-state index in [1.807, 2.05) is 6.07 Å². The van der Waals surface area contributed by atoms with E-state index in [-0.39, 0.29) is 0 Å². The summed E-state index contributed by atoms with van der Waals surface area (Å²) < 4.78 is 1.04. The largest absolute Gasteiger partial charge is 0.298 e. The van der Waals surface area contributed by atoms with Crippen LogP contribution in [0.2, 0.25) is 5.02 Å². The first kappa shape index (κ1) is 14.8. The van der Waals surface area contributed by atoms with Crippen molar-refractivity contribution in [3.8, 4) is 0 Å². The number of hydrogen-bond donors (Lipinski definition) is 0. The molecule has 1 aromatic rings. The molecule has 100 valence electrons. The molecule has 4 heteroatoms. The van der Waals surface area contributed by atoms with Gasteiger partial charge in [0.1, 0.15) is 0 Å². The van der Waals surface area contributed by atoms with Crippen LogP contribution in [0.1, 0.15) is 31.2 Å². The first-order chi connectivity index (χ1) is 8.58. The van der Waals surface area contributed by atoms with Gasteiger partial charge in [0.2, 0.25) is 0 Å². The fourth-order valence-electron chi connectivity index (χ4n) is 2.60. The van der Waals surface area contributed by atoms with Crippen LogP contribution in [0.25, 0.3) is 0 Å². The third-order valence-corrected chi connectivity index (χ3v) is 5.56. The summed E-state index contributed by atoms with van der Waals surface area (Å²) in [7, 11) is 2.20. The van der Waals surface area contributed by atoms with Crippen LogP contribution >= 0.6 is 43.5 Å². The van der Waals surface area contributed by atoms with Crippen molar-refractivity contribution in [3.05, 3.63) is 33.3 Å². The topological polar surface area (TPSA) is 3.24 Å². The summed E-state index contributed by atoms with van der Waals surface area (Å²) in [6.45, 7) is 0.916. The van der Waals surface area contributed by atoms with Crippen molar-refractivity contribution >= 4 is 43.5 Å². The molecule has 18 heavy (non-hydrogen) atoms. The van der Waals surface area contributed by atoms with Crippen LogP contribution in [0.15, 0.2) is 22.7 Å². The molecule has 2 rings (SSSR count). The molecule has 1 fully saturated rings. The van der Waals surface area contributed by atoms with E-state index in [9.17, 15) is 0 Å². The van der Waals surface area contributed by atoms with Crippen molar-refractivity contribution < 1.29 is 0 Å². The van der Waals surface area contributed by atoms with Crippen LogP contribution in [-0.2, 0) is 6.54 Å². The lowest BCUT2D eigenvalue weighted by Crippen LogP contribution is -2.40. The van der Waals surface area contributed by atoms with E-state index < -0.39 is 0 Å². The van der Waals surface area contributed by atoms with Gasteiger partial charge in [-0.25, -0.2) is 0 Å². The molecule has 0 heterocycles. The second-order valence-corrected chi connectivity index (χ2v) is 7.52. The lowest BCUT2D eigenvalue weighted by molar-refractivity contribution is 0.193. The van der Waals surface area contributed by atoms with E-state index in [4.69, 9.17) is 11.6 Å². The predicted octanol–water partition coefficient (Wildman–Crippen LogP) is 5.24. The molecule has 0 aromatic heterocycles. The van der Waals surface area contributed by atoms with Crippen LogP contribution < -0.4 is 0 Å². The molecule has 1 aromatic carbocycles. The van der Waals surface area contributed by atoms with Gasteiger partial charge in [-0.2, -0.15) is 0 Å². The lowest BCUT2D eigenvalue weighted by atomic mass is 9.94. The van der Waals surface area contributed by atoms with Gasteiger partial charge < -0.3 is 0 Å². The molecule has 1 aliphatic rings. The minimum Gasteiger partial charge on any atom is -0.298 e. The molecule has 2 atom stereocenters. The Morgan fingerprint density at radius 3 is 2.72 bits per heavy atom. The average molecular weight is 396 g/mol. The number of rotatable bonds is 3. The van der Waals surface area contributed by atoms with E-state index in [0.29, 0.717) is 10.9 Å². The minimum absolute atomic E-state index is 0.616. The third-order valence-electron chi connectivity index (χ3n) is 3.65. The number of halogens is 3. The van der Waals surface area contributed by atoms with E-state index in [2.05, 4.69) is 55.9 Å². The minimum atomic E-state index is 0.616. The second-order valence-electron chi connectivity index (χ2n) is 5.02. The fourth-order valence-corrected chi connectivity index (χ4v) is 4.32. The second kappa shape index (κ2) is 6.74. The van der Waals surface area contributed by atoms with Gasteiger partial charge in [-0.15, -0.1) is 0 Å². The maximum absolute atomic E-state index is 6.28. The van der Waals surface area contributed by atoms with Crippen LogP contribution in [0.4, 0.5) is 0 Å². The number of nitrogens with zero attached hydrogens (tertiary/aromatic N) is 1. The van der Waals surface area contributed by atoms with Gasteiger partial charge in [-0.05, 0) is 37.6 Å². The van der Waals surface area contributed by atoms with Gasteiger partial charge in [0.05, 0.1) is 0 Å². The van der Waals surface area contributed by atoms with E-state index in [1.165, 1.54) is 31.2 Å². The quantitative estimate of drug-likeness (QED) is 0.633. The first-order valence-electron chi connectivity index (χ1n) is 6.36. The highest BCUT2D eigenvalue weighted by atomic mass is 79.9. The Labute approximate surface area is 131 Å². The van der Waals surface area contributed by atoms with Crippen molar-refractivity contribution in [2.45, 2.75) is 43.1 Å². The van der Waals surface area contributed by atoms with Gasteiger partial charge in [0.15, 0.2) is 0 Å². The summed E-state index contributed by atoms with van der Waals surface area (Å²) in [5.41, 5.74) is 1.20. The smallest absolute Gasteiger partial charge is 0.0462 e. The highest BCUT2D eigenvalue weighted by Crippen LogP contribution is 2.30. The zero-order chi connectivity index (χ0) is 13.1. The molecule has 0 N–H and O–H groups in total. The summed E-state index contributed by atoms with van der Waals surface area (Å²) in [5, 5.41) is 0.846. The molecule has 1 saturated carbocycles. The molecule has 0 saturated heterocycles. The normalized spacial score (nSPS) is 24.5. The summed E-state index contributed by atoms with van der Waals surface area (Å²) in [4.78, 5) is 3.04. The Balaban J connectivity index is 2.03. The number of alkyl halides is 1. The van der Waals surface area contributed by atoms with E-state index >= 15 is 0 Å². The molecule has 0 radical (unpaired) electrons. The maximum Gasteiger partial charge on any atom is 0.0462 e. The monoisotopic (exact) mass is 393 g/mol. The Hall–Kier alpha value is 0.430.